The number of furan rings is 1. The highest BCUT2D eigenvalue weighted by atomic mass is 16.3. The molecule has 2 N–H and O–H groups in total. The second-order valence-electron chi connectivity index (χ2n) is 16.4. The third kappa shape index (κ3) is 4.87. The number of hydrogen-bond donors (Lipinski definition) is 2. The van der Waals surface area contributed by atoms with E-state index in [4.69, 9.17) is 4.42 Å². The topological polar surface area (TPSA) is 81.6 Å². The highest BCUT2D eigenvalue weighted by molar-refractivity contribution is 5.93. The maximum atomic E-state index is 14.9. The van der Waals surface area contributed by atoms with Crippen LogP contribution in [-0.2, 0) is 16.1 Å². The predicted octanol–water partition coefficient (Wildman–Crippen LogP) is 6.78. The van der Waals surface area contributed by atoms with Gasteiger partial charge in [-0.15, -0.1) is 0 Å². The lowest BCUT2D eigenvalue weighted by Crippen LogP contribution is -2.69. The summed E-state index contributed by atoms with van der Waals surface area (Å²) in [5.74, 6) is 3.62. The van der Waals surface area contributed by atoms with Gasteiger partial charge in [0.2, 0.25) is 11.8 Å². The molecule has 2 amide bonds. The number of para-hydroxylation sites is 1. The van der Waals surface area contributed by atoms with Crippen LogP contribution < -0.4 is 5.32 Å². The summed E-state index contributed by atoms with van der Waals surface area (Å²) in [6, 6.07) is 12.3. The summed E-state index contributed by atoms with van der Waals surface area (Å²) in [4.78, 5) is 37.6. The predicted molar refractivity (Wildman–Crippen MR) is 175 cm³/mol. The van der Waals surface area contributed by atoms with Gasteiger partial charge in [0, 0.05) is 41.6 Å². The minimum Gasteiger partial charge on any atom is -0.467 e. The van der Waals surface area contributed by atoms with Crippen LogP contribution in [0.25, 0.3) is 10.9 Å². The molecule has 5 saturated carbocycles. The van der Waals surface area contributed by atoms with E-state index in [1.807, 2.05) is 17.0 Å². The summed E-state index contributed by atoms with van der Waals surface area (Å²) in [5, 5.41) is 4.98. The molecule has 240 valence electrons. The molecule has 5 aliphatic carbocycles. The van der Waals surface area contributed by atoms with Gasteiger partial charge in [0.05, 0.1) is 12.8 Å². The number of nitrogens with one attached hydrogen (secondary N) is 2. The van der Waals surface area contributed by atoms with Crippen molar-refractivity contribution in [3.8, 4) is 0 Å². The van der Waals surface area contributed by atoms with E-state index in [9.17, 15) is 9.59 Å². The van der Waals surface area contributed by atoms with Crippen molar-refractivity contribution in [2.75, 3.05) is 20.1 Å². The third-order valence-electron chi connectivity index (χ3n) is 13.1. The number of likely N-dealkylation sites (tertiary alicyclic amines) is 1. The smallest absolute Gasteiger partial charge is 0.246 e. The fourth-order valence-corrected chi connectivity index (χ4v) is 11.0. The Kier molecular flexibility index (Phi) is 6.84. The van der Waals surface area contributed by atoms with Crippen LogP contribution >= 0.6 is 0 Å². The number of piperidine rings is 1. The number of fused-ring (bicyclic) bond motifs is 1. The molecule has 7 heteroatoms. The van der Waals surface area contributed by atoms with Crippen molar-refractivity contribution in [1.29, 1.82) is 0 Å². The number of benzene rings is 1. The largest absolute Gasteiger partial charge is 0.467 e. The van der Waals surface area contributed by atoms with E-state index in [0.717, 1.165) is 61.4 Å². The minimum absolute atomic E-state index is 0.0108. The first-order valence-corrected chi connectivity index (χ1v) is 17.5. The summed E-state index contributed by atoms with van der Waals surface area (Å²) in [6.07, 6.45) is 10.7. The molecular weight excluding hydrogens is 560 g/mol. The van der Waals surface area contributed by atoms with Gasteiger partial charge in [-0.3, -0.25) is 9.59 Å². The van der Waals surface area contributed by atoms with Crippen LogP contribution in [0.5, 0.6) is 0 Å². The fourth-order valence-electron chi connectivity index (χ4n) is 11.0. The standard InChI is InChI=1S/C38H50N4O3/c1-24-33(29-9-5-6-10-31(29)39-24)34-30(36(34,2)3)19-32(43)42(23-28-8-7-15-45-28)38(11-13-41(4)14-12-38)35(44)40-37-20-25-16-26(21-37)18-27(17-25)22-37/h5-10,15,25-27,30,34,39H,11-14,16-23H2,1-4H3,(H,40,44)/t25?,26?,27?,30-,34+,37?/m0/s1. The van der Waals surface area contributed by atoms with Crippen molar-refractivity contribution < 1.29 is 14.0 Å². The molecule has 2 atom stereocenters. The van der Waals surface area contributed by atoms with Gasteiger partial charge in [0.1, 0.15) is 11.3 Å². The van der Waals surface area contributed by atoms with Crippen LogP contribution in [0, 0.1) is 36.0 Å². The number of rotatable bonds is 8. The van der Waals surface area contributed by atoms with E-state index in [1.54, 1.807) is 6.26 Å². The van der Waals surface area contributed by atoms with Gasteiger partial charge in [-0.05, 0) is 124 Å². The quantitative estimate of drug-likeness (QED) is 0.295. The number of carbonyl (C=O) groups excluding carboxylic acids is 2. The molecule has 0 spiro atoms. The van der Waals surface area contributed by atoms with E-state index in [1.165, 1.54) is 35.9 Å². The van der Waals surface area contributed by atoms with Crippen molar-refractivity contribution in [3.05, 3.63) is 59.7 Å². The lowest BCUT2D eigenvalue weighted by Gasteiger charge is -2.58. The Labute approximate surface area is 267 Å². The zero-order chi connectivity index (χ0) is 31.1. The number of nitrogens with zero attached hydrogens (tertiary/aromatic N) is 2. The number of H-pyrrole nitrogens is 1. The number of aromatic amines is 1. The van der Waals surface area contributed by atoms with Gasteiger partial charge in [-0.2, -0.15) is 0 Å². The van der Waals surface area contributed by atoms with E-state index in [-0.39, 0.29) is 34.6 Å². The summed E-state index contributed by atoms with van der Waals surface area (Å²) in [7, 11) is 2.13. The molecule has 1 saturated heterocycles. The van der Waals surface area contributed by atoms with Gasteiger partial charge in [0.15, 0.2) is 0 Å². The van der Waals surface area contributed by atoms with Crippen LogP contribution in [-0.4, -0.2) is 57.8 Å². The van der Waals surface area contributed by atoms with Crippen LogP contribution in [0.4, 0.5) is 0 Å². The molecule has 3 aromatic rings. The number of amides is 2. The minimum atomic E-state index is -0.884. The van der Waals surface area contributed by atoms with E-state index in [0.29, 0.717) is 25.8 Å². The maximum Gasteiger partial charge on any atom is 0.246 e. The molecule has 9 rings (SSSR count). The second kappa shape index (κ2) is 10.5. The number of hydrogen-bond acceptors (Lipinski definition) is 4. The van der Waals surface area contributed by atoms with E-state index in [2.05, 4.69) is 67.3 Å². The summed E-state index contributed by atoms with van der Waals surface area (Å²) in [6.45, 7) is 8.68. The van der Waals surface area contributed by atoms with Crippen LogP contribution in [0.2, 0.25) is 0 Å². The van der Waals surface area contributed by atoms with Crippen molar-refractivity contribution in [1.82, 2.24) is 20.1 Å². The van der Waals surface area contributed by atoms with Gasteiger partial charge in [-0.25, -0.2) is 0 Å². The monoisotopic (exact) mass is 610 g/mol. The van der Waals surface area contributed by atoms with Crippen molar-refractivity contribution >= 4 is 22.7 Å². The summed E-state index contributed by atoms with van der Waals surface area (Å²) < 4.78 is 5.85. The summed E-state index contributed by atoms with van der Waals surface area (Å²) in [5.41, 5.74) is 2.70. The molecule has 4 bridgehead atoms. The molecule has 6 aliphatic rings. The Morgan fingerprint density at radius 2 is 1.67 bits per heavy atom. The van der Waals surface area contributed by atoms with Crippen molar-refractivity contribution in [3.63, 3.8) is 0 Å². The van der Waals surface area contributed by atoms with Gasteiger partial charge in [-0.1, -0.05) is 32.0 Å². The highest BCUT2D eigenvalue weighted by Gasteiger charge is 2.61. The Morgan fingerprint density at radius 3 is 2.31 bits per heavy atom. The lowest BCUT2D eigenvalue weighted by molar-refractivity contribution is -0.156. The Morgan fingerprint density at radius 1 is 1.00 bits per heavy atom. The maximum absolute atomic E-state index is 14.9. The molecule has 3 heterocycles. The number of aryl methyl sites for hydroxylation is 1. The Balaban J connectivity index is 1.11. The van der Waals surface area contributed by atoms with E-state index >= 15 is 0 Å². The van der Waals surface area contributed by atoms with Crippen molar-refractivity contribution in [2.24, 2.45) is 29.1 Å². The molecule has 1 aliphatic heterocycles. The Bertz CT molecular complexity index is 1560. The molecule has 1 aromatic carbocycles. The fraction of sp³-hybridized carbons (Fsp3) is 0.632. The van der Waals surface area contributed by atoms with Crippen LogP contribution in [0.1, 0.15) is 94.6 Å². The van der Waals surface area contributed by atoms with Crippen LogP contribution in [0.3, 0.4) is 0 Å². The average Bonchev–Trinajstić information content (AvgIpc) is 3.35. The SMILES string of the molecule is Cc1[nH]c2ccccc2c1[C@H]1[C@H](CC(=O)N(Cc2ccco2)C2(C(=O)NC34CC5CC(CC(C5)C3)C4)CCN(C)CC2)C1(C)C. The normalized spacial score (nSPS) is 32.9. The average molecular weight is 611 g/mol. The van der Waals surface area contributed by atoms with Gasteiger partial charge >= 0.3 is 0 Å². The molecule has 0 unspecified atom stereocenters. The lowest BCUT2D eigenvalue weighted by atomic mass is 9.53. The molecule has 45 heavy (non-hydrogen) atoms. The van der Waals surface area contributed by atoms with Crippen molar-refractivity contribution in [2.45, 2.75) is 102 Å². The molecule has 2 aromatic heterocycles. The van der Waals surface area contributed by atoms with E-state index < -0.39 is 5.54 Å². The van der Waals surface area contributed by atoms with Gasteiger partial charge in [0.25, 0.3) is 0 Å². The zero-order valence-electron chi connectivity index (χ0n) is 27.5. The molecular formula is C38H50N4O3. The number of carbonyl (C=O) groups is 2. The number of aromatic nitrogens is 1. The molecule has 0 radical (unpaired) electrons. The molecule has 7 nitrogen and oxygen atoms in total. The Hall–Kier alpha value is -3.06. The third-order valence-corrected chi connectivity index (χ3v) is 13.1. The van der Waals surface area contributed by atoms with Gasteiger partial charge < -0.3 is 24.5 Å². The van der Waals surface area contributed by atoms with Crippen LogP contribution in [0.15, 0.2) is 47.1 Å². The second-order valence-corrected chi connectivity index (χ2v) is 16.4. The first kappa shape index (κ1) is 29.3. The zero-order valence-corrected chi connectivity index (χ0v) is 27.5. The summed E-state index contributed by atoms with van der Waals surface area (Å²) >= 11 is 0. The molecule has 6 fully saturated rings. The first-order chi connectivity index (χ1) is 21.6. The first-order valence-electron chi connectivity index (χ1n) is 17.5. The highest BCUT2D eigenvalue weighted by Crippen LogP contribution is 2.67.